The van der Waals surface area contributed by atoms with Gasteiger partial charge in [-0.15, -0.1) is 11.8 Å². The molecule has 0 fully saturated rings. The molecule has 4 nitrogen and oxygen atoms in total. The van der Waals surface area contributed by atoms with Gasteiger partial charge in [-0.3, -0.25) is 9.59 Å². The number of carbonyl (C=O) groups excluding carboxylic acids is 2. The predicted molar refractivity (Wildman–Crippen MR) is 134 cm³/mol. The highest BCUT2D eigenvalue weighted by atomic mass is 32.2. The monoisotopic (exact) mass is 512 g/mol. The van der Waals surface area contributed by atoms with Gasteiger partial charge in [0.1, 0.15) is 5.92 Å². The van der Waals surface area contributed by atoms with Crippen LogP contribution in [0.2, 0.25) is 0 Å². The number of halogens is 3. The second-order valence-corrected chi connectivity index (χ2v) is 9.70. The fourth-order valence-electron chi connectivity index (χ4n) is 3.87. The molecule has 0 aliphatic carbocycles. The van der Waals surface area contributed by atoms with Crippen LogP contribution in [0.5, 0.6) is 0 Å². The van der Waals surface area contributed by atoms with Crippen LogP contribution in [0.25, 0.3) is 0 Å². The van der Waals surface area contributed by atoms with Crippen molar-refractivity contribution in [3.8, 4) is 0 Å². The van der Waals surface area contributed by atoms with E-state index in [9.17, 15) is 27.9 Å². The molecule has 35 heavy (non-hydrogen) atoms. The van der Waals surface area contributed by atoms with Crippen LogP contribution in [-0.4, -0.2) is 35.3 Å². The Morgan fingerprint density at radius 2 is 1.54 bits per heavy atom. The molecule has 2 atom stereocenters. The van der Waals surface area contributed by atoms with E-state index in [1.54, 1.807) is 0 Å². The van der Waals surface area contributed by atoms with E-state index in [1.165, 1.54) is 37.9 Å². The van der Waals surface area contributed by atoms with E-state index in [4.69, 9.17) is 4.74 Å². The predicted octanol–water partition coefficient (Wildman–Crippen LogP) is 6.81. The second kappa shape index (κ2) is 13.1. The molecule has 2 aromatic carbocycles. The SMILES string of the molecule is CC.COC(=O)C(C(=O)CC(C)(O)CCSc1ccc(C(F)(F)F)cc1)c1c(C)cc(C)cc1C. The van der Waals surface area contributed by atoms with Crippen molar-refractivity contribution in [3.63, 3.8) is 0 Å². The first kappa shape index (κ1) is 30.7. The maximum absolute atomic E-state index is 13.1. The van der Waals surface area contributed by atoms with Gasteiger partial charge in [0.15, 0.2) is 5.78 Å². The van der Waals surface area contributed by atoms with Crippen LogP contribution in [0.4, 0.5) is 13.2 Å². The van der Waals surface area contributed by atoms with E-state index in [1.807, 2.05) is 46.8 Å². The first-order valence-corrected chi connectivity index (χ1v) is 12.4. The molecular formula is C27H35F3O4S. The molecule has 0 aliphatic rings. The van der Waals surface area contributed by atoms with Crippen LogP contribution in [-0.2, 0) is 20.5 Å². The summed E-state index contributed by atoms with van der Waals surface area (Å²) in [6.07, 6.45) is -4.44. The van der Waals surface area contributed by atoms with Gasteiger partial charge in [0.05, 0.1) is 18.3 Å². The Kier molecular flexibility index (Phi) is 11.5. The minimum Gasteiger partial charge on any atom is -0.468 e. The average molecular weight is 513 g/mol. The number of ether oxygens (including phenoxy) is 1. The normalized spacial score (nSPS) is 13.8. The summed E-state index contributed by atoms with van der Waals surface area (Å²) in [6.45, 7) is 11.1. The molecule has 0 bridgehead atoms. The lowest BCUT2D eigenvalue weighted by Gasteiger charge is -2.26. The first-order chi connectivity index (χ1) is 16.2. The topological polar surface area (TPSA) is 63.6 Å². The maximum Gasteiger partial charge on any atom is 0.416 e. The molecule has 0 radical (unpaired) electrons. The van der Waals surface area contributed by atoms with Gasteiger partial charge in [-0.25, -0.2) is 0 Å². The van der Waals surface area contributed by atoms with Crippen molar-refractivity contribution < 1.29 is 32.6 Å². The van der Waals surface area contributed by atoms with Crippen LogP contribution in [0.3, 0.4) is 0 Å². The number of thioether (sulfide) groups is 1. The number of aliphatic hydroxyl groups is 1. The zero-order valence-corrected chi connectivity index (χ0v) is 22.2. The van der Waals surface area contributed by atoms with Crippen molar-refractivity contribution in [3.05, 3.63) is 64.2 Å². The van der Waals surface area contributed by atoms with Gasteiger partial charge in [0, 0.05) is 17.1 Å². The third-order valence-electron chi connectivity index (χ3n) is 5.43. The third kappa shape index (κ3) is 9.00. The van der Waals surface area contributed by atoms with Crippen molar-refractivity contribution in [2.75, 3.05) is 12.9 Å². The van der Waals surface area contributed by atoms with Crippen molar-refractivity contribution in [2.24, 2.45) is 0 Å². The molecule has 1 N–H and O–H groups in total. The summed E-state index contributed by atoms with van der Waals surface area (Å²) in [5.41, 5.74) is 1.08. The van der Waals surface area contributed by atoms with E-state index in [-0.39, 0.29) is 12.8 Å². The molecule has 8 heteroatoms. The first-order valence-electron chi connectivity index (χ1n) is 11.5. The molecule has 0 spiro atoms. The number of ketones is 1. The summed E-state index contributed by atoms with van der Waals surface area (Å²) in [5, 5.41) is 10.8. The van der Waals surface area contributed by atoms with Crippen LogP contribution in [0.1, 0.15) is 67.3 Å². The summed E-state index contributed by atoms with van der Waals surface area (Å²) < 4.78 is 42.9. The molecule has 0 saturated carbocycles. The van der Waals surface area contributed by atoms with Crippen molar-refractivity contribution >= 4 is 23.5 Å². The number of alkyl halides is 3. The van der Waals surface area contributed by atoms with Crippen LogP contribution in [0.15, 0.2) is 41.3 Å². The Balaban J connectivity index is 0.00000298. The molecule has 2 unspecified atom stereocenters. The molecule has 0 amide bonds. The van der Waals surface area contributed by atoms with E-state index in [2.05, 4.69) is 0 Å². The van der Waals surface area contributed by atoms with Crippen molar-refractivity contribution in [1.82, 2.24) is 0 Å². The van der Waals surface area contributed by atoms with E-state index < -0.39 is 35.0 Å². The lowest BCUT2D eigenvalue weighted by Crippen LogP contribution is -2.34. The van der Waals surface area contributed by atoms with E-state index >= 15 is 0 Å². The smallest absolute Gasteiger partial charge is 0.416 e. The lowest BCUT2D eigenvalue weighted by molar-refractivity contribution is -0.146. The average Bonchev–Trinajstić information content (AvgIpc) is 2.76. The summed E-state index contributed by atoms with van der Waals surface area (Å²) in [6, 6.07) is 8.57. The summed E-state index contributed by atoms with van der Waals surface area (Å²) in [5.74, 6) is -1.87. The Labute approximate surface area is 210 Å². The third-order valence-corrected chi connectivity index (χ3v) is 6.45. The molecule has 0 aromatic heterocycles. The van der Waals surface area contributed by atoms with E-state index in [0.717, 1.165) is 28.8 Å². The number of esters is 1. The standard InChI is InChI=1S/C25H29F3O4S.C2H6/c1-15-12-16(2)21(17(3)13-15)22(23(30)32-5)20(29)14-24(4,31)10-11-33-19-8-6-18(7-9-19)25(26,27)28;1-2/h6-9,12-13,22,31H,10-11,14H2,1-5H3;1-2H3. The Morgan fingerprint density at radius 3 is 2.00 bits per heavy atom. The lowest BCUT2D eigenvalue weighted by atomic mass is 9.82. The number of hydrogen-bond acceptors (Lipinski definition) is 5. The molecule has 194 valence electrons. The minimum absolute atomic E-state index is 0.212. The number of methoxy groups -OCH3 is 1. The van der Waals surface area contributed by atoms with Crippen LogP contribution < -0.4 is 0 Å². The highest BCUT2D eigenvalue weighted by molar-refractivity contribution is 7.99. The van der Waals surface area contributed by atoms with Gasteiger partial charge in [-0.05, 0) is 75.1 Å². The Hall–Kier alpha value is -2.32. The molecule has 0 saturated heterocycles. The maximum atomic E-state index is 13.1. The fourth-order valence-corrected chi connectivity index (χ4v) is 4.98. The fraction of sp³-hybridized carbons (Fsp3) is 0.481. The second-order valence-electron chi connectivity index (χ2n) is 8.53. The van der Waals surface area contributed by atoms with Gasteiger partial charge in [-0.1, -0.05) is 31.5 Å². The Morgan fingerprint density at radius 1 is 1.03 bits per heavy atom. The molecule has 0 aliphatic heterocycles. The summed E-state index contributed by atoms with van der Waals surface area (Å²) in [7, 11) is 1.22. The van der Waals surface area contributed by atoms with Gasteiger partial charge in [0.25, 0.3) is 0 Å². The molecule has 2 aromatic rings. The molecule has 2 rings (SSSR count). The highest BCUT2D eigenvalue weighted by Crippen LogP contribution is 2.33. The van der Waals surface area contributed by atoms with Crippen LogP contribution >= 0.6 is 11.8 Å². The van der Waals surface area contributed by atoms with Crippen LogP contribution in [0, 0.1) is 20.8 Å². The Bertz CT molecular complexity index is 975. The number of Topliss-reactive ketones (excluding diaryl/α,β-unsaturated/α-hetero) is 1. The van der Waals surface area contributed by atoms with Gasteiger partial charge in [-0.2, -0.15) is 13.2 Å². The number of carbonyl (C=O) groups is 2. The summed E-state index contributed by atoms with van der Waals surface area (Å²) in [4.78, 5) is 26.3. The highest BCUT2D eigenvalue weighted by Gasteiger charge is 2.36. The zero-order chi connectivity index (χ0) is 27.0. The van der Waals surface area contributed by atoms with E-state index in [0.29, 0.717) is 16.2 Å². The largest absolute Gasteiger partial charge is 0.468 e. The molecular weight excluding hydrogens is 477 g/mol. The van der Waals surface area contributed by atoms with Gasteiger partial charge in [0.2, 0.25) is 0 Å². The van der Waals surface area contributed by atoms with Gasteiger partial charge < -0.3 is 9.84 Å². The number of hydrogen-bond donors (Lipinski definition) is 1. The van der Waals surface area contributed by atoms with Crippen molar-refractivity contribution in [2.45, 2.75) is 77.0 Å². The summed E-state index contributed by atoms with van der Waals surface area (Å²) >= 11 is 1.29. The minimum atomic E-state index is -4.39. The molecule has 0 heterocycles. The van der Waals surface area contributed by atoms with Gasteiger partial charge >= 0.3 is 12.1 Å². The zero-order valence-electron chi connectivity index (χ0n) is 21.4. The number of aryl methyl sites for hydroxylation is 3. The number of rotatable bonds is 9. The van der Waals surface area contributed by atoms with Crippen molar-refractivity contribution in [1.29, 1.82) is 0 Å². The number of benzene rings is 2. The quantitative estimate of drug-likeness (QED) is 0.227.